The van der Waals surface area contributed by atoms with Gasteiger partial charge in [-0.15, -0.1) is 0 Å². The summed E-state index contributed by atoms with van der Waals surface area (Å²) in [5, 5.41) is 10.6. The molecule has 0 saturated carbocycles. The Morgan fingerprint density at radius 3 is 2.00 bits per heavy atom. The van der Waals surface area contributed by atoms with Crippen LogP contribution >= 0.6 is 0 Å². The number of unbranched alkanes of at least 4 members (excludes halogenated alkanes) is 9. The molecule has 0 bridgehead atoms. The molecule has 1 aromatic rings. The molecule has 0 aliphatic rings. The summed E-state index contributed by atoms with van der Waals surface area (Å²) >= 11 is 0. The van der Waals surface area contributed by atoms with Gasteiger partial charge in [-0.3, -0.25) is 10.1 Å². The quantitative estimate of drug-likeness (QED) is 0.0190. The Labute approximate surface area is 264 Å². The zero-order valence-electron chi connectivity index (χ0n) is 27.4. The van der Waals surface area contributed by atoms with E-state index in [0.717, 1.165) is 36.1 Å². The minimum atomic E-state index is -0.716. The van der Waals surface area contributed by atoms with Crippen molar-refractivity contribution < 1.29 is 24.0 Å². The van der Waals surface area contributed by atoms with Crippen LogP contribution < -0.4 is 4.90 Å². The summed E-state index contributed by atoms with van der Waals surface area (Å²) in [5.41, 5.74) is 3.56. The minimum absolute atomic E-state index is 0.0981. The van der Waals surface area contributed by atoms with Crippen molar-refractivity contribution in [2.24, 2.45) is 0 Å². The Hall–Kier alpha value is -3.94. The van der Waals surface area contributed by atoms with Gasteiger partial charge in [0, 0.05) is 17.7 Å². The molecule has 0 heterocycles. The molecule has 0 fully saturated rings. The molecule has 1 aromatic carbocycles. The topological polar surface area (TPSA) is 99.0 Å². The standard InChI is InChI=1S/C36H52N2O6/c1-6-7-8-9-10-11-12-13-14-17-28-44-36(40)34(35(39)43-5)29-31(3)19-16-15-18-30(2)20-21-32-22-24-33(25-23-32)37(4)26-27-38(41)42/h15-16,18-25,29H,6-14,17,26-28H2,1-5H3. The van der Waals surface area contributed by atoms with Crippen LogP contribution in [0.3, 0.4) is 0 Å². The molecule has 8 nitrogen and oxygen atoms in total. The van der Waals surface area contributed by atoms with Crippen molar-refractivity contribution in [1.29, 1.82) is 0 Å². The zero-order chi connectivity index (χ0) is 32.6. The molecule has 0 aromatic heterocycles. The number of nitrogens with zero attached hydrogens (tertiary/aromatic N) is 2. The molecule has 0 aliphatic heterocycles. The van der Waals surface area contributed by atoms with Gasteiger partial charge in [-0.2, -0.15) is 0 Å². The molecule has 0 unspecified atom stereocenters. The van der Waals surface area contributed by atoms with Crippen LogP contribution in [0.25, 0.3) is 6.08 Å². The highest BCUT2D eigenvalue weighted by Gasteiger charge is 2.20. The van der Waals surface area contributed by atoms with Crippen LogP contribution in [-0.4, -0.2) is 50.7 Å². The summed E-state index contributed by atoms with van der Waals surface area (Å²) in [6.45, 7) is 6.56. The predicted molar refractivity (Wildman–Crippen MR) is 180 cm³/mol. The largest absolute Gasteiger partial charge is 0.465 e. The normalized spacial score (nSPS) is 12.6. The van der Waals surface area contributed by atoms with E-state index in [2.05, 4.69) is 6.92 Å². The number of carbonyl (C=O) groups is 2. The predicted octanol–water partition coefficient (Wildman–Crippen LogP) is 8.43. The van der Waals surface area contributed by atoms with E-state index in [1.54, 1.807) is 13.0 Å². The van der Waals surface area contributed by atoms with E-state index in [1.807, 2.05) is 73.5 Å². The first kappa shape index (κ1) is 38.1. The summed E-state index contributed by atoms with van der Waals surface area (Å²) in [6.07, 6.45) is 24.9. The maximum atomic E-state index is 12.6. The van der Waals surface area contributed by atoms with Crippen molar-refractivity contribution >= 4 is 23.7 Å². The highest BCUT2D eigenvalue weighted by Crippen LogP contribution is 2.16. The van der Waals surface area contributed by atoms with Crippen molar-refractivity contribution in [2.75, 3.05) is 38.8 Å². The van der Waals surface area contributed by atoms with Crippen LogP contribution in [0.1, 0.15) is 90.5 Å². The summed E-state index contributed by atoms with van der Waals surface area (Å²) in [7, 11) is 3.08. The van der Waals surface area contributed by atoms with Crippen molar-refractivity contribution in [3.8, 4) is 0 Å². The molecule has 0 radical (unpaired) electrons. The van der Waals surface area contributed by atoms with Gasteiger partial charge in [-0.1, -0.05) is 124 Å². The number of ether oxygens (including phenoxy) is 2. The van der Waals surface area contributed by atoms with E-state index in [4.69, 9.17) is 9.47 Å². The van der Waals surface area contributed by atoms with Crippen LogP contribution in [-0.2, 0) is 19.1 Å². The lowest BCUT2D eigenvalue weighted by atomic mass is 10.1. The fourth-order valence-electron chi connectivity index (χ4n) is 4.32. The number of nitro groups is 1. The molecule has 0 spiro atoms. The monoisotopic (exact) mass is 608 g/mol. The number of hydrogen-bond acceptors (Lipinski definition) is 7. The number of allylic oxidation sites excluding steroid dienone is 8. The maximum Gasteiger partial charge on any atom is 0.345 e. The molecule has 1 rings (SSSR count). The molecule has 0 amide bonds. The van der Waals surface area contributed by atoms with Gasteiger partial charge in [0.2, 0.25) is 6.54 Å². The molecule has 0 aliphatic carbocycles. The van der Waals surface area contributed by atoms with Gasteiger partial charge >= 0.3 is 11.9 Å². The van der Waals surface area contributed by atoms with E-state index >= 15 is 0 Å². The van der Waals surface area contributed by atoms with Crippen molar-refractivity contribution in [1.82, 2.24) is 0 Å². The lowest BCUT2D eigenvalue weighted by molar-refractivity contribution is -0.476. The van der Waals surface area contributed by atoms with Crippen LogP contribution in [0.4, 0.5) is 5.69 Å². The average molecular weight is 609 g/mol. The van der Waals surface area contributed by atoms with E-state index in [0.29, 0.717) is 12.1 Å². The first-order chi connectivity index (χ1) is 21.2. The highest BCUT2D eigenvalue weighted by molar-refractivity contribution is 6.14. The Kier molecular flexibility index (Phi) is 20.3. The van der Waals surface area contributed by atoms with Crippen LogP contribution in [0.5, 0.6) is 0 Å². The SMILES string of the molecule is CCCCCCCCCCCCOC(=O)C(=CC(C)=CC=CC=C(C)C=Cc1ccc(N(C)CC[N+](=O)[O-])cc1)C(=O)OC. The maximum absolute atomic E-state index is 12.6. The van der Waals surface area contributed by atoms with Crippen molar-refractivity contribution in [3.63, 3.8) is 0 Å². The van der Waals surface area contributed by atoms with Crippen LogP contribution in [0, 0.1) is 10.1 Å². The highest BCUT2D eigenvalue weighted by atomic mass is 16.6. The third-order valence-electron chi connectivity index (χ3n) is 7.05. The molecule has 44 heavy (non-hydrogen) atoms. The Morgan fingerprint density at radius 1 is 0.864 bits per heavy atom. The first-order valence-corrected chi connectivity index (χ1v) is 15.8. The van der Waals surface area contributed by atoms with Gasteiger partial charge in [-0.05, 0) is 44.0 Å². The van der Waals surface area contributed by atoms with E-state index in [9.17, 15) is 19.7 Å². The molecular weight excluding hydrogens is 556 g/mol. The summed E-state index contributed by atoms with van der Waals surface area (Å²) in [5.74, 6) is -1.38. The zero-order valence-corrected chi connectivity index (χ0v) is 27.4. The number of anilines is 1. The second-order valence-electron chi connectivity index (χ2n) is 11.0. The number of likely N-dealkylation sites (N-methyl/N-ethyl adjacent to an activating group) is 1. The molecule has 0 N–H and O–H groups in total. The molecular formula is C36H52N2O6. The number of esters is 2. The van der Waals surface area contributed by atoms with Gasteiger partial charge < -0.3 is 14.4 Å². The lowest BCUT2D eigenvalue weighted by Crippen LogP contribution is -2.24. The van der Waals surface area contributed by atoms with E-state index in [-0.39, 0.29) is 23.6 Å². The molecule has 8 heteroatoms. The summed E-state index contributed by atoms with van der Waals surface area (Å²) < 4.78 is 10.2. The second kappa shape index (κ2) is 23.5. The van der Waals surface area contributed by atoms with Crippen molar-refractivity contribution in [3.05, 3.63) is 93.1 Å². The lowest BCUT2D eigenvalue weighted by Gasteiger charge is -2.16. The second-order valence-corrected chi connectivity index (χ2v) is 11.0. The smallest absolute Gasteiger partial charge is 0.345 e. The molecule has 242 valence electrons. The number of carbonyl (C=O) groups excluding carboxylic acids is 2. The summed E-state index contributed by atoms with van der Waals surface area (Å²) in [4.78, 5) is 36.9. The van der Waals surface area contributed by atoms with E-state index < -0.39 is 11.9 Å². The fourth-order valence-corrected chi connectivity index (χ4v) is 4.32. The van der Waals surface area contributed by atoms with Gasteiger partial charge in [0.1, 0.15) is 5.57 Å². The van der Waals surface area contributed by atoms with Gasteiger partial charge in [0.05, 0.1) is 20.3 Å². The average Bonchev–Trinajstić information content (AvgIpc) is 3.02. The van der Waals surface area contributed by atoms with Gasteiger partial charge in [0.15, 0.2) is 0 Å². The first-order valence-electron chi connectivity index (χ1n) is 15.8. The van der Waals surface area contributed by atoms with Crippen molar-refractivity contribution in [2.45, 2.75) is 85.0 Å². The Morgan fingerprint density at radius 2 is 1.43 bits per heavy atom. The van der Waals surface area contributed by atoms with Crippen LogP contribution in [0.2, 0.25) is 0 Å². The molecule has 0 saturated heterocycles. The minimum Gasteiger partial charge on any atom is -0.465 e. The Bertz CT molecular complexity index is 1160. The van der Waals surface area contributed by atoms with Gasteiger partial charge in [0.25, 0.3) is 0 Å². The number of rotatable bonds is 22. The third-order valence-corrected chi connectivity index (χ3v) is 7.05. The molecule has 0 atom stereocenters. The van der Waals surface area contributed by atoms with Crippen LogP contribution in [0.15, 0.2) is 77.4 Å². The van der Waals surface area contributed by atoms with E-state index in [1.165, 1.54) is 58.1 Å². The number of hydrogen-bond donors (Lipinski definition) is 0. The number of benzene rings is 1. The van der Waals surface area contributed by atoms with Gasteiger partial charge in [-0.25, -0.2) is 9.59 Å². The fraction of sp³-hybridized carbons (Fsp3) is 0.500. The third kappa shape index (κ3) is 17.9. The summed E-state index contributed by atoms with van der Waals surface area (Å²) in [6, 6.07) is 7.82. The number of methoxy groups -OCH3 is 1. The Balaban J connectivity index is 2.56.